The number of ether oxygens (including phenoxy) is 1. The second-order valence-corrected chi connectivity index (χ2v) is 7.49. The zero-order valence-electron chi connectivity index (χ0n) is 16.1. The molecule has 2 aliphatic carbocycles. The Balaban J connectivity index is 0.00000288. The van der Waals surface area contributed by atoms with Gasteiger partial charge in [0.1, 0.15) is 10.6 Å². The van der Waals surface area contributed by atoms with Gasteiger partial charge in [-0.3, -0.25) is 4.55 Å². The van der Waals surface area contributed by atoms with E-state index in [9.17, 15) is 13.0 Å². The smallest absolute Gasteiger partial charge is 1.00 e. The summed E-state index contributed by atoms with van der Waals surface area (Å²) in [5.41, 5.74) is 3.21. The Morgan fingerprint density at radius 3 is 2.42 bits per heavy atom. The number of hydrogen-bond acceptors (Lipinski definition) is 3. The van der Waals surface area contributed by atoms with E-state index < -0.39 is 10.1 Å². The third-order valence-corrected chi connectivity index (χ3v) is 5.00. The minimum Gasteiger partial charge on any atom is -1.00 e. The van der Waals surface area contributed by atoms with Gasteiger partial charge in [-0.05, 0) is 48.1 Å². The van der Waals surface area contributed by atoms with E-state index in [1.54, 1.807) is 13.2 Å². The molecule has 0 bridgehead atoms. The second-order valence-electron chi connectivity index (χ2n) is 6.10. The van der Waals surface area contributed by atoms with Gasteiger partial charge in [-0.25, -0.2) is 0 Å². The maximum atomic E-state index is 11.8. The van der Waals surface area contributed by atoms with Crippen LogP contribution in [-0.4, -0.2) is 20.1 Å². The molecule has 0 saturated carbocycles. The summed E-state index contributed by atoms with van der Waals surface area (Å²) in [6, 6.07) is 7.26. The number of methoxy groups -OCH3 is 1. The summed E-state index contributed by atoms with van der Waals surface area (Å²) in [6.45, 7) is 6.17. The molecule has 6 heteroatoms. The predicted octanol–water partition coefficient (Wildman–Crippen LogP) is 1.63. The average Bonchev–Trinajstić information content (AvgIpc) is 2.71. The normalized spacial score (nSPS) is 11.6. The Bertz CT molecular complexity index is 775. The van der Waals surface area contributed by atoms with Gasteiger partial charge in [-0.2, -0.15) is 8.42 Å². The molecule has 0 aromatic heterocycles. The van der Waals surface area contributed by atoms with E-state index in [0.717, 1.165) is 36.0 Å². The molecule has 0 heterocycles. The van der Waals surface area contributed by atoms with E-state index in [-0.39, 0.29) is 41.8 Å². The van der Waals surface area contributed by atoms with Crippen LogP contribution in [0.5, 0.6) is 5.75 Å². The Labute approximate surface area is 168 Å². The van der Waals surface area contributed by atoms with Crippen molar-refractivity contribution in [3.05, 3.63) is 35.4 Å². The number of unbranched alkanes of at least 4 members (excludes halogenated alkanes) is 1. The summed E-state index contributed by atoms with van der Waals surface area (Å²) in [6.07, 6.45) is 2.70. The zero-order chi connectivity index (χ0) is 17.2. The SMILES string of the molecule is CCCCc1cc(S(=O)(=O)O)c2cc(C(C)C)ccc(OC)c1-2.[H-].[Na+]. The Kier molecular flexibility index (Phi) is 7.75. The van der Waals surface area contributed by atoms with Crippen molar-refractivity contribution in [1.29, 1.82) is 0 Å². The zero-order valence-corrected chi connectivity index (χ0v) is 17.9. The summed E-state index contributed by atoms with van der Waals surface area (Å²) < 4.78 is 38.8. The summed E-state index contributed by atoms with van der Waals surface area (Å²) in [5, 5.41) is 0. The molecule has 128 valence electrons. The molecule has 0 unspecified atom stereocenters. The van der Waals surface area contributed by atoms with Crippen molar-refractivity contribution < 1.29 is 48.7 Å². The van der Waals surface area contributed by atoms with Crippen LogP contribution < -0.4 is 34.3 Å². The van der Waals surface area contributed by atoms with Gasteiger partial charge in [0.2, 0.25) is 0 Å². The third-order valence-electron chi connectivity index (χ3n) is 4.11. The van der Waals surface area contributed by atoms with Crippen molar-refractivity contribution in [3.63, 3.8) is 0 Å². The van der Waals surface area contributed by atoms with Crippen molar-refractivity contribution in [2.24, 2.45) is 0 Å². The molecule has 0 aliphatic heterocycles. The molecule has 2 aliphatic rings. The van der Waals surface area contributed by atoms with Gasteiger partial charge in [0.05, 0.1) is 7.11 Å². The molecule has 0 aromatic rings. The molecule has 1 N–H and O–H groups in total. The predicted molar refractivity (Wildman–Crippen MR) is 93.2 cm³/mol. The number of fused-ring (bicyclic) bond motifs is 1. The van der Waals surface area contributed by atoms with Gasteiger partial charge >= 0.3 is 29.6 Å². The summed E-state index contributed by atoms with van der Waals surface area (Å²) >= 11 is 0. The Morgan fingerprint density at radius 2 is 1.92 bits per heavy atom. The first-order valence-electron chi connectivity index (χ1n) is 7.90. The fourth-order valence-electron chi connectivity index (χ4n) is 2.82. The fraction of sp³-hybridized carbons (Fsp3) is 0.444. The van der Waals surface area contributed by atoms with Crippen LogP contribution in [0.4, 0.5) is 0 Å². The van der Waals surface area contributed by atoms with E-state index >= 15 is 0 Å². The van der Waals surface area contributed by atoms with Crippen LogP contribution in [0.2, 0.25) is 0 Å². The van der Waals surface area contributed by atoms with Gasteiger partial charge in [0, 0.05) is 11.1 Å². The molecule has 0 radical (unpaired) electrons. The topological polar surface area (TPSA) is 63.6 Å². The van der Waals surface area contributed by atoms with Crippen molar-refractivity contribution >= 4 is 10.1 Å². The second kappa shape index (κ2) is 8.68. The van der Waals surface area contributed by atoms with E-state index in [2.05, 4.69) is 6.92 Å². The Morgan fingerprint density at radius 1 is 1.25 bits per heavy atom. The average molecular weight is 360 g/mol. The number of rotatable bonds is 6. The van der Waals surface area contributed by atoms with Crippen LogP contribution in [0.25, 0.3) is 11.1 Å². The standard InChI is InChI=1S/C18H24O4S.Na.H/c1-5-6-7-14-11-17(23(19,20)21)15-10-13(12(2)3)8-9-16(22-4)18(14)15;;/h8-12H,5-7H2,1-4H3,(H,19,20,21);;/q;+1;-1. The fourth-order valence-corrected chi connectivity index (χ4v) is 3.55. The molecule has 0 spiro atoms. The molecule has 0 amide bonds. The van der Waals surface area contributed by atoms with Crippen LogP contribution in [0, 0.1) is 0 Å². The molecule has 4 nitrogen and oxygen atoms in total. The number of aryl methyl sites for hydroxylation is 1. The van der Waals surface area contributed by atoms with Gasteiger partial charge < -0.3 is 6.16 Å². The van der Waals surface area contributed by atoms with E-state index in [1.807, 2.05) is 32.0 Å². The van der Waals surface area contributed by atoms with Gasteiger partial charge in [-0.1, -0.05) is 33.3 Å². The van der Waals surface area contributed by atoms with Crippen molar-refractivity contribution in [1.82, 2.24) is 0 Å². The first-order valence-corrected chi connectivity index (χ1v) is 9.34. The largest absolute Gasteiger partial charge is 1.00 e. The summed E-state index contributed by atoms with van der Waals surface area (Å²) in [7, 11) is -2.71. The molecular formula is C18H25NaO4S. The van der Waals surface area contributed by atoms with Crippen LogP contribution in [0.1, 0.15) is 52.1 Å². The molecule has 0 saturated heterocycles. The van der Waals surface area contributed by atoms with Gasteiger partial charge in [0.15, 0.2) is 0 Å². The molecule has 2 rings (SSSR count). The monoisotopic (exact) mass is 360 g/mol. The van der Waals surface area contributed by atoms with E-state index in [1.165, 1.54) is 0 Å². The summed E-state index contributed by atoms with van der Waals surface area (Å²) in [5.74, 6) is 0.867. The van der Waals surface area contributed by atoms with Crippen LogP contribution in [0.3, 0.4) is 0 Å². The third kappa shape index (κ3) is 4.52. The molecule has 0 atom stereocenters. The van der Waals surface area contributed by atoms with Crippen LogP contribution in [0.15, 0.2) is 29.2 Å². The maximum absolute atomic E-state index is 11.8. The maximum Gasteiger partial charge on any atom is 1.00 e. The van der Waals surface area contributed by atoms with E-state index in [0.29, 0.717) is 11.3 Å². The van der Waals surface area contributed by atoms with Crippen molar-refractivity contribution in [2.75, 3.05) is 7.11 Å². The molecule has 0 aromatic carbocycles. The minimum absolute atomic E-state index is 0. The van der Waals surface area contributed by atoms with Crippen molar-refractivity contribution in [3.8, 4) is 16.9 Å². The quantitative estimate of drug-likeness (QED) is 0.628. The first kappa shape index (κ1) is 21.5. The molecule has 24 heavy (non-hydrogen) atoms. The van der Waals surface area contributed by atoms with Crippen molar-refractivity contribution in [2.45, 2.75) is 50.8 Å². The van der Waals surface area contributed by atoms with Gasteiger partial charge in [0.25, 0.3) is 10.1 Å². The van der Waals surface area contributed by atoms with Crippen LogP contribution in [-0.2, 0) is 16.5 Å². The van der Waals surface area contributed by atoms with E-state index in [4.69, 9.17) is 4.74 Å². The van der Waals surface area contributed by atoms with Gasteiger partial charge in [-0.15, -0.1) is 0 Å². The number of hydrogen-bond donors (Lipinski definition) is 1. The minimum atomic E-state index is -4.29. The molecular weight excluding hydrogens is 335 g/mol. The van der Waals surface area contributed by atoms with Crippen LogP contribution >= 0.6 is 0 Å². The summed E-state index contributed by atoms with van der Waals surface area (Å²) in [4.78, 5) is -0.0324. The first-order chi connectivity index (χ1) is 10.8. The molecule has 0 fully saturated rings. The Hall–Kier alpha value is -0.590.